The molecule has 0 spiro atoms. The fourth-order valence-electron chi connectivity index (χ4n) is 1.28. The Balaban J connectivity index is 5.17. The van der Waals surface area contributed by atoms with Crippen molar-refractivity contribution in [2.24, 2.45) is 0 Å². The number of hydrogen-bond acceptors (Lipinski definition) is 4. The molecule has 0 amide bonds. The zero-order valence-electron chi connectivity index (χ0n) is 10.1. The van der Waals surface area contributed by atoms with Crippen molar-refractivity contribution in [1.82, 2.24) is 0 Å². The average Bonchev–Trinajstić information content (AvgIpc) is 2.23. The van der Waals surface area contributed by atoms with Gasteiger partial charge in [-0.3, -0.25) is 9.59 Å². The van der Waals surface area contributed by atoms with E-state index in [2.05, 4.69) is 22.5 Å². The number of halogens is 1. The molecular formula is C11H15BrO6. The first-order valence-corrected chi connectivity index (χ1v) is 5.95. The van der Waals surface area contributed by atoms with Crippen LogP contribution in [0, 0.1) is 0 Å². The minimum atomic E-state index is -1.85. The maximum absolute atomic E-state index is 11.4. The van der Waals surface area contributed by atoms with E-state index in [1.807, 2.05) is 0 Å². The smallest absolute Gasteiger partial charge is 0.333 e. The molecule has 6 nitrogen and oxygen atoms in total. The molecule has 0 bridgehead atoms. The van der Waals surface area contributed by atoms with E-state index in [1.54, 1.807) is 6.92 Å². The monoisotopic (exact) mass is 322 g/mol. The first-order valence-electron chi connectivity index (χ1n) is 5.15. The van der Waals surface area contributed by atoms with E-state index in [4.69, 9.17) is 14.9 Å². The van der Waals surface area contributed by atoms with Crippen LogP contribution in [0.15, 0.2) is 12.2 Å². The summed E-state index contributed by atoms with van der Waals surface area (Å²) in [6.07, 6.45) is -1.65. The maximum Gasteiger partial charge on any atom is 0.333 e. The highest BCUT2D eigenvalue weighted by atomic mass is 79.9. The Morgan fingerprint density at radius 2 is 1.89 bits per heavy atom. The van der Waals surface area contributed by atoms with Gasteiger partial charge in [0.2, 0.25) is 0 Å². The number of esters is 1. The molecule has 18 heavy (non-hydrogen) atoms. The molecule has 0 aliphatic heterocycles. The Morgan fingerprint density at radius 3 is 2.17 bits per heavy atom. The molecule has 2 unspecified atom stereocenters. The lowest BCUT2D eigenvalue weighted by atomic mass is 9.96. The lowest BCUT2D eigenvalue weighted by molar-refractivity contribution is -0.157. The Bertz CT molecular complexity index is 378. The van der Waals surface area contributed by atoms with E-state index in [-0.39, 0.29) is 12.0 Å². The van der Waals surface area contributed by atoms with E-state index in [0.717, 1.165) is 0 Å². The summed E-state index contributed by atoms with van der Waals surface area (Å²) in [6.45, 7) is 6.39. The minimum Gasteiger partial charge on any atom is -0.481 e. The summed E-state index contributed by atoms with van der Waals surface area (Å²) in [7, 11) is 0. The highest BCUT2D eigenvalue weighted by Crippen LogP contribution is 2.32. The third kappa shape index (κ3) is 4.14. The largest absolute Gasteiger partial charge is 0.481 e. The predicted molar refractivity (Wildman–Crippen MR) is 66.5 cm³/mol. The van der Waals surface area contributed by atoms with Crippen LogP contribution in [0.5, 0.6) is 0 Å². The van der Waals surface area contributed by atoms with Crippen molar-refractivity contribution in [3.05, 3.63) is 12.2 Å². The quantitative estimate of drug-likeness (QED) is 0.419. The molecule has 0 saturated heterocycles. The van der Waals surface area contributed by atoms with Crippen molar-refractivity contribution < 1.29 is 29.3 Å². The fourth-order valence-corrected chi connectivity index (χ4v) is 1.93. The third-order valence-electron chi connectivity index (χ3n) is 2.24. The fraction of sp³-hybridized carbons (Fsp3) is 0.545. The first-order chi connectivity index (χ1) is 8.15. The van der Waals surface area contributed by atoms with Gasteiger partial charge in [-0.25, -0.2) is 4.79 Å². The van der Waals surface area contributed by atoms with Crippen LogP contribution < -0.4 is 0 Å². The van der Waals surface area contributed by atoms with E-state index in [1.165, 1.54) is 6.92 Å². The van der Waals surface area contributed by atoms with Gasteiger partial charge in [0, 0.05) is 5.57 Å². The average molecular weight is 323 g/mol. The first kappa shape index (κ1) is 16.6. The van der Waals surface area contributed by atoms with Gasteiger partial charge in [-0.2, -0.15) is 0 Å². The van der Waals surface area contributed by atoms with Crippen LogP contribution in [0.1, 0.15) is 26.7 Å². The molecule has 7 heteroatoms. The number of carbonyl (C=O) groups excluding carboxylic acids is 1. The van der Waals surface area contributed by atoms with Crippen LogP contribution in [-0.4, -0.2) is 38.5 Å². The molecule has 2 atom stereocenters. The SMILES string of the molecule is C=C(C)C(=O)OC(CC)C(Br)(CC(=O)O)C(=O)O. The van der Waals surface area contributed by atoms with Crippen molar-refractivity contribution in [1.29, 1.82) is 0 Å². The van der Waals surface area contributed by atoms with Crippen LogP contribution in [0.3, 0.4) is 0 Å². The second-order valence-corrected chi connectivity index (χ2v) is 5.24. The maximum atomic E-state index is 11.4. The van der Waals surface area contributed by atoms with E-state index >= 15 is 0 Å². The number of aliphatic carboxylic acids is 2. The normalized spacial score (nSPS) is 15.3. The number of alkyl halides is 1. The summed E-state index contributed by atoms with van der Waals surface area (Å²) >= 11 is 2.87. The molecule has 0 aliphatic rings. The molecule has 0 heterocycles. The van der Waals surface area contributed by atoms with Crippen molar-refractivity contribution >= 4 is 33.8 Å². The second kappa shape index (κ2) is 6.53. The number of carboxylic acids is 2. The molecule has 0 saturated carbocycles. The standard InChI is InChI=1S/C11H15BrO6/c1-4-7(18-9(15)6(2)3)11(12,10(16)17)5-8(13)14/h7H,2,4-5H2,1,3H3,(H,13,14)(H,16,17). The Kier molecular flexibility index (Phi) is 6.04. The number of ether oxygens (including phenoxy) is 1. The molecule has 0 rings (SSSR count). The van der Waals surface area contributed by atoms with Gasteiger partial charge in [0.15, 0.2) is 4.32 Å². The van der Waals surface area contributed by atoms with Gasteiger partial charge in [0.25, 0.3) is 0 Å². The van der Waals surface area contributed by atoms with Gasteiger partial charge in [-0.15, -0.1) is 0 Å². The van der Waals surface area contributed by atoms with Crippen molar-refractivity contribution in [3.8, 4) is 0 Å². The summed E-state index contributed by atoms with van der Waals surface area (Å²) in [6, 6.07) is 0. The van der Waals surface area contributed by atoms with Crippen molar-refractivity contribution in [3.63, 3.8) is 0 Å². The predicted octanol–water partition coefficient (Wildman–Crippen LogP) is 1.58. The summed E-state index contributed by atoms with van der Waals surface area (Å²) < 4.78 is 3.11. The summed E-state index contributed by atoms with van der Waals surface area (Å²) in [4.78, 5) is 33.3. The Hall–Kier alpha value is -1.37. The summed E-state index contributed by atoms with van der Waals surface area (Å²) in [5, 5.41) is 17.8. The highest BCUT2D eigenvalue weighted by molar-refractivity contribution is 9.10. The van der Waals surface area contributed by atoms with Gasteiger partial charge in [0.05, 0.1) is 6.42 Å². The number of carboxylic acid groups (broad SMARTS) is 2. The van der Waals surface area contributed by atoms with E-state index < -0.39 is 34.8 Å². The molecule has 0 aromatic rings. The van der Waals surface area contributed by atoms with Crippen LogP contribution in [-0.2, 0) is 19.1 Å². The molecule has 0 radical (unpaired) electrons. The molecule has 0 fully saturated rings. The van der Waals surface area contributed by atoms with Crippen LogP contribution in [0.4, 0.5) is 0 Å². The van der Waals surface area contributed by atoms with Gasteiger partial charge < -0.3 is 14.9 Å². The number of carbonyl (C=O) groups is 3. The van der Waals surface area contributed by atoms with Gasteiger partial charge in [-0.05, 0) is 13.3 Å². The van der Waals surface area contributed by atoms with Crippen molar-refractivity contribution in [2.75, 3.05) is 0 Å². The molecular weight excluding hydrogens is 308 g/mol. The zero-order chi connectivity index (χ0) is 14.5. The van der Waals surface area contributed by atoms with Crippen LogP contribution in [0.25, 0.3) is 0 Å². The minimum absolute atomic E-state index is 0.115. The number of hydrogen-bond donors (Lipinski definition) is 2. The Morgan fingerprint density at radius 1 is 1.39 bits per heavy atom. The van der Waals surface area contributed by atoms with Crippen molar-refractivity contribution in [2.45, 2.75) is 37.1 Å². The Labute approximate surface area is 113 Å². The third-order valence-corrected chi connectivity index (χ3v) is 3.37. The van der Waals surface area contributed by atoms with Gasteiger partial charge in [-0.1, -0.05) is 29.4 Å². The summed E-state index contributed by atoms with van der Waals surface area (Å²) in [5.74, 6) is -3.46. The van der Waals surface area contributed by atoms with Crippen LogP contribution >= 0.6 is 15.9 Å². The lowest BCUT2D eigenvalue weighted by Gasteiger charge is -2.29. The summed E-state index contributed by atoms with van der Waals surface area (Å²) in [5.41, 5.74) is 0.115. The molecule has 0 aromatic carbocycles. The highest BCUT2D eigenvalue weighted by Gasteiger charge is 2.47. The zero-order valence-corrected chi connectivity index (χ0v) is 11.7. The lowest BCUT2D eigenvalue weighted by Crippen LogP contribution is -2.47. The van der Waals surface area contributed by atoms with Crippen LogP contribution in [0.2, 0.25) is 0 Å². The molecule has 2 N–H and O–H groups in total. The van der Waals surface area contributed by atoms with Gasteiger partial charge >= 0.3 is 17.9 Å². The molecule has 0 aromatic heterocycles. The topological polar surface area (TPSA) is 101 Å². The van der Waals surface area contributed by atoms with E-state index in [9.17, 15) is 14.4 Å². The second-order valence-electron chi connectivity index (χ2n) is 3.82. The van der Waals surface area contributed by atoms with E-state index in [0.29, 0.717) is 0 Å². The number of rotatable bonds is 7. The molecule has 0 aliphatic carbocycles. The molecule has 102 valence electrons. The van der Waals surface area contributed by atoms with Gasteiger partial charge in [0.1, 0.15) is 6.10 Å².